The number of nitrogens with one attached hydrogen (secondary N) is 1. The molecule has 4 aromatic heterocycles. The van der Waals surface area contributed by atoms with Gasteiger partial charge in [0.05, 0.1) is 5.56 Å². The number of nitrogen functional groups attached to an aromatic ring is 1. The summed E-state index contributed by atoms with van der Waals surface area (Å²) in [5, 5.41) is 12.6. The van der Waals surface area contributed by atoms with Gasteiger partial charge in [0, 0.05) is 55.6 Å². The molecule has 0 atom stereocenters. The number of hydrogen-bond donors (Lipinski definition) is 2. The molecule has 202 valence electrons. The minimum atomic E-state index is 0.392. The molecular formula is C31H33N9. The first-order chi connectivity index (χ1) is 19.7. The lowest BCUT2D eigenvalue weighted by Crippen LogP contribution is -2.38. The highest BCUT2D eigenvalue weighted by atomic mass is 15.1. The molecule has 3 N–H and O–H groups in total. The maximum Gasteiger partial charge on any atom is 0.164 e. The molecule has 6 rings (SSSR count). The van der Waals surface area contributed by atoms with Crippen LogP contribution in [-0.2, 0) is 6.54 Å². The van der Waals surface area contributed by atoms with Gasteiger partial charge in [0.15, 0.2) is 11.5 Å². The number of imidazole rings is 1. The molecule has 0 unspecified atom stereocenters. The smallest absolute Gasteiger partial charge is 0.164 e. The number of nitriles is 1. The van der Waals surface area contributed by atoms with Gasteiger partial charge in [-0.2, -0.15) is 5.26 Å². The second-order valence-electron chi connectivity index (χ2n) is 9.46. The van der Waals surface area contributed by atoms with E-state index in [1.165, 1.54) is 5.56 Å². The molecule has 0 saturated carbocycles. The van der Waals surface area contributed by atoms with Crippen molar-refractivity contribution in [1.29, 1.82) is 5.26 Å². The Bertz CT molecular complexity index is 1610. The van der Waals surface area contributed by atoms with Crippen molar-refractivity contribution < 1.29 is 0 Å². The first-order valence-corrected chi connectivity index (χ1v) is 13.7. The molecule has 5 aromatic rings. The highest BCUT2D eigenvalue weighted by Crippen LogP contribution is 2.30. The highest BCUT2D eigenvalue weighted by molar-refractivity contribution is 5.82. The van der Waals surface area contributed by atoms with Gasteiger partial charge < -0.3 is 11.1 Å². The average molecular weight is 532 g/mol. The van der Waals surface area contributed by atoms with Gasteiger partial charge in [-0.25, -0.2) is 19.9 Å². The van der Waals surface area contributed by atoms with Crippen LogP contribution in [-0.4, -0.2) is 48.5 Å². The monoisotopic (exact) mass is 531 g/mol. The number of aromatic nitrogens is 5. The van der Waals surface area contributed by atoms with E-state index in [1.807, 2.05) is 48.7 Å². The number of rotatable bonds is 6. The van der Waals surface area contributed by atoms with Crippen LogP contribution in [0.3, 0.4) is 0 Å². The van der Waals surface area contributed by atoms with Gasteiger partial charge in [-0.05, 0) is 66.9 Å². The van der Waals surface area contributed by atoms with Crippen LogP contribution >= 0.6 is 0 Å². The molecular weight excluding hydrogens is 498 g/mol. The van der Waals surface area contributed by atoms with Crippen molar-refractivity contribution in [2.24, 2.45) is 0 Å². The Morgan fingerprint density at radius 1 is 0.950 bits per heavy atom. The number of nitrogens with zero attached hydrogens (tertiary/aromatic N) is 7. The number of nitrogens with two attached hydrogens (primary N) is 1. The summed E-state index contributed by atoms with van der Waals surface area (Å²) in [6.45, 7) is 6.92. The number of anilines is 2. The Kier molecular flexibility index (Phi) is 8.28. The molecule has 0 spiro atoms. The zero-order chi connectivity index (χ0) is 27.9. The molecule has 1 saturated heterocycles. The van der Waals surface area contributed by atoms with Crippen LogP contribution < -0.4 is 11.1 Å². The zero-order valence-corrected chi connectivity index (χ0v) is 22.8. The van der Waals surface area contributed by atoms with Crippen LogP contribution in [0.25, 0.3) is 28.2 Å². The standard InChI is InChI=1S/C29H27N9.C2H6/c30-18-23-17-22(9-14-32-23)35-21-10-15-37(16-11-21)19-20-5-7-24(8-6-20)38-28(25-3-1-12-33-27(25)31)36-26-4-2-13-34-29(26)38;1-2/h1-9,12-14,17,21H,10-11,15-16,19H2,(H2,31,33)(H,32,35);1-2H3. The quantitative estimate of drug-likeness (QED) is 0.297. The zero-order valence-electron chi connectivity index (χ0n) is 22.8. The molecule has 1 aliphatic rings. The van der Waals surface area contributed by atoms with Crippen LogP contribution in [0.4, 0.5) is 11.5 Å². The van der Waals surface area contributed by atoms with Crippen molar-refractivity contribution in [3.8, 4) is 23.1 Å². The number of piperidine rings is 1. The average Bonchev–Trinajstić information content (AvgIpc) is 3.39. The number of likely N-dealkylation sites (tertiary alicyclic amines) is 1. The maximum atomic E-state index is 9.08. The molecule has 0 amide bonds. The molecule has 40 heavy (non-hydrogen) atoms. The minimum absolute atomic E-state index is 0.392. The lowest BCUT2D eigenvalue weighted by Gasteiger charge is -2.33. The third-order valence-electron chi connectivity index (χ3n) is 6.93. The Morgan fingerprint density at radius 2 is 1.70 bits per heavy atom. The molecule has 0 aliphatic carbocycles. The molecule has 1 aliphatic heterocycles. The van der Waals surface area contributed by atoms with Crippen molar-refractivity contribution in [2.75, 3.05) is 24.1 Å². The van der Waals surface area contributed by atoms with E-state index in [0.717, 1.165) is 66.4 Å². The Hall–Kier alpha value is -4.81. The van der Waals surface area contributed by atoms with E-state index in [2.05, 4.69) is 55.5 Å². The van der Waals surface area contributed by atoms with Gasteiger partial charge in [0.2, 0.25) is 0 Å². The van der Waals surface area contributed by atoms with Crippen LogP contribution in [0.5, 0.6) is 0 Å². The van der Waals surface area contributed by atoms with Gasteiger partial charge in [-0.3, -0.25) is 9.47 Å². The van der Waals surface area contributed by atoms with Gasteiger partial charge in [-0.15, -0.1) is 0 Å². The molecule has 0 radical (unpaired) electrons. The van der Waals surface area contributed by atoms with E-state index in [-0.39, 0.29) is 0 Å². The number of pyridine rings is 3. The summed E-state index contributed by atoms with van der Waals surface area (Å²) >= 11 is 0. The van der Waals surface area contributed by atoms with E-state index in [4.69, 9.17) is 16.0 Å². The fraction of sp³-hybridized carbons (Fsp3) is 0.258. The Labute approximate surface area is 234 Å². The summed E-state index contributed by atoms with van der Waals surface area (Å²) < 4.78 is 2.04. The molecule has 9 heteroatoms. The largest absolute Gasteiger partial charge is 0.383 e. The number of benzene rings is 1. The predicted octanol–water partition coefficient (Wildman–Crippen LogP) is 5.43. The summed E-state index contributed by atoms with van der Waals surface area (Å²) in [6, 6.07) is 22.4. The maximum absolute atomic E-state index is 9.08. The van der Waals surface area contributed by atoms with E-state index >= 15 is 0 Å². The molecule has 1 aromatic carbocycles. The summed E-state index contributed by atoms with van der Waals surface area (Å²) in [6.07, 6.45) is 7.23. The number of hydrogen-bond acceptors (Lipinski definition) is 8. The minimum Gasteiger partial charge on any atom is -0.383 e. The summed E-state index contributed by atoms with van der Waals surface area (Å²) in [7, 11) is 0. The van der Waals surface area contributed by atoms with E-state index in [0.29, 0.717) is 17.6 Å². The van der Waals surface area contributed by atoms with Crippen molar-refractivity contribution in [1.82, 2.24) is 29.4 Å². The summed E-state index contributed by atoms with van der Waals surface area (Å²) in [4.78, 5) is 20.2. The fourth-order valence-electron chi connectivity index (χ4n) is 5.01. The van der Waals surface area contributed by atoms with E-state index in [1.54, 1.807) is 24.7 Å². The third-order valence-corrected chi connectivity index (χ3v) is 6.93. The first kappa shape index (κ1) is 26.8. The second-order valence-corrected chi connectivity index (χ2v) is 9.46. The first-order valence-electron chi connectivity index (χ1n) is 13.7. The molecule has 1 fully saturated rings. The molecule has 0 bridgehead atoms. The van der Waals surface area contributed by atoms with Gasteiger partial charge in [0.25, 0.3) is 0 Å². The van der Waals surface area contributed by atoms with Crippen LogP contribution in [0.1, 0.15) is 37.9 Å². The van der Waals surface area contributed by atoms with Crippen LogP contribution in [0.15, 0.2) is 79.3 Å². The van der Waals surface area contributed by atoms with Crippen molar-refractivity contribution in [3.63, 3.8) is 0 Å². The van der Waals surface area contributed by atoms with Crippen LogP contribution in [0.2, 0.25) is 0 Å². The predicted molar refractivity (Wildman–Crippen MR) is 159 cm³/mol. The number of fused-ring (bicyclic) bond motifs is 1. The highest BCUT2D eigenvalue weighted by Gasteiger charge is 2.20. The van der Waals surface area contributed by atoms with Crippen LogP contribution in [0, 0.1) is 11.3 Å². The molecule has 5 heterocycles. The molecule has 9 nitrogen and oxygen atoms in total. The Balaban J connectivity index is 0.00000158. The van der Waals surface area contributed by atoms with Gasteiger partial charge in [-0.1, -0.05) is 26.0 Å². The summed E-state index contributed by atoms with van der Waals surface area (Å²) in [5.41, 5.74) is 12.2. The normalized spacial score (nSPS) is 13.8. The van der Waals surface area contributed by atoms with E-state index in [9.17, 15) is 0 Å². The topological polar surface area (TPSA) is 122 Å². The van der Waals surface area contributed by atoms with Gasteiger partial charge in [0.1, 0.15) is 23.1 Å². The van der Waals surface area contributed by atoms with Crippen molar-refractivity contribution in [2.45, 2.75) is 39.3 Å². The van der Waals surface area contributed by atoms with Crippen molar-refractivity contribution >= 4 is 22.7 Å². The van der Waals surface area contributed by atoms with Gasteiger partial charge >= 0.3 is 0 Å². The Morgan fingerprint density at radius 3 is 2.45 bits per heavy atom. The third kappa shape index (κ3) is 5.77. The second kappa shape index (κ2) is 12.4. The summed E-state index contributed by atoms with van der Waals surface area (Å²) in [5.74, 6) is 1.16. The lowest BCUT2D eigenvalue weighted by atomic mass is 10.0. The lowest BCUT2D eigenvalue weighted by molar-refractivity contribution is 0.211. The SMILES string of the molecule is CC.N#Cc1cc(NC2CCN(Cc3ccc(-n4c(-c5cccnc5N)nc5cccnc54)cc3)CC2)ccn1. The van der Waals surface area contributed by atoms with Crippen molar-refractivity contribution in [3.05, 3.63) is 90.5 Å². The van der Waals surface area contributed by atoms with E-state index < -0.39 is 0 Å². The fourth-order valence-corrected chi connectivity index (χ4v) is 5.01.